The number of amides is 2. The number of ether oxygens (including phenoxy) is 1. The van der Waals surface area contributed by atoms with E-state index in [2.05, 4.69) is 5.32 Å². The standard InChI is InChI=1S/C16H28N2O4/c1-11(8-15(2,3)22-4)17-14(21)18-9-12-6-5-7-16(12,10-18)13(19)20/h11-12H,5-10H2,1-4H3,(H,17,21)(H,19,20)/t11?,12-,16+/m0/s1. The predicted molar refractivity (Wildman–Crippen MR) is 82.7 cm³/mol. The Morgan fingerprint density at radius 1 is 1.50 bits per heavy atom. The highest BCUT2D eigenvalue weighted by molar-refractivity contribution is 5.80. The Labute approximate surface area is 132 Å². The lowest BCUT2D eigenvalue weighted by Gasteiger charge is -2.29. The minimum Gasteiger partial charge on any atom is -0.481 e. The van der Waals surface area contributed by atoms with Gasteiger partial charge in [-0.3, -0.25) is 4.79 Å². The number of rotatable bonds is 5. The SMILES string of the molecule is COC(C)(C)CC(C)NC(=O)N1C[C@@H]2CCC[C@@]2(C(=O)O)C1. The molecule has 0 spiro atoms. The molecule has 6 heteroatoms. The first kappa shape index (κ1) is 17.1. The summed E-state index contributed by atoms with van der Waals surface area (Å²) in [6, 6.07) is -0.182. The molecule has 0 bridgehead atoms. The fourth-order valence-electron chi connectivity index (χ4n) is 3.97. The predicted octanol–water partition coefficient (Wildman–Crippen LogP) is 2.09. The van der Waals surface area contributed by atoms with Crippen LogP contribution < -0.4 is 5.32 Å². The first-order valence-electron chi connectivity index (χ1n) is 8.04. The van der Waals surface area contributed by atoms with Gasteiger partial charge in [-0.25, -0.2) is 4.79 Å². The van der Waals surface area contributed by atoms with Gasteiger partial charge in [0.05, 0.1) is 11.0 Å². The number of fused-ring (bicyclic) bond motifs is 1. The van der Waals surface area contributed by atoms with Gasteiger partial charge in [-0.2, -0.15) is 0 Å². The van der Waals surface area contributed by atoms with E-state index in [4.69, 9.17) is 4.74 Å². The number of urea groups is 1. The van der Waals surface area contributed by atoms with Crippen LogP contribution in [0.3, 0.4) is 0 Å². The van der Waals surface area contributed by atoms with Crippen molar-refractivity contribution >= 4 is 12.0 Å². The van der Waals surface area contributed by atoms with E-state index in [1.165, 1.54) is 0 Å². The zero-order valence-electron chi connectivity index (χ0n) is 14.0. The van der Waals surface area contributed by atoms with Gasteiger partial charge in [-0.1, -0.05) is 6.42 Å². The van der Waals surface area contributed by atoms with Crippen LogP contribution in [-0.2, 0) is 9.53 Å². The molecule has 1 aliphatic carbocycles. The van der Waals surface area contributed by atoms with E-state index in [0.29, 0.717) is 25.9 Å². The smallest absolute Gasteiger partial charge is 0.317 e. The maximum atomic E-state index is 12.4. The number of nitrogens with one attached hydrogen (secondary N) is 1. The third kappa shape index (κ3) is 3.21. The maximum Gasteiger partial charge on any atom is 0.317 e. The second-order valence-electron chi connectivity index (χ2n) is 7.45. The van der Waals surface area contributed by atoms with Crippen molar-refractivity contribution in [2.24, 2.45) is 11.3 Å². The molecule has 6 nitrogen and oxygen atoms in total. The van der Waals surface area contributed by atoms with E-state index in [0.717, 1.165) is 12.8 Å². The third-order valence-electron chi connectivity index (χ3n) is 5.30. The number of nitrogens with zero attached hydrogens (tertiary/aromatic N) is 1. The van der Waals surface area contributed by atoms with Gasteiger partial charge in [0, 0.05) is 26.2 Å². The van der Waals surface area contributed by atoms with Crippen LogP contribution in [0, 0.1) is 11.3 Å². The lowest BCUT2D eigenvalue weighted by atomic mass is 9.81. The van der Waals surface area contributed by atoms with Crippen LogP contribution in [0.4, 0.5) is 4.79 Å². The average molecular weight is 312 g/mol. The van der Waals surface area contributed by atoms with Gasteiger partial charge >= 0.3 is 12.0 Å². The molecule has 1 saturated heterocycles. The summed E-state index contributed by atoms with van der Waals surface area (Å²) in [5, 5.41) is 12.5. The quantitative estimate of drug-likeness (QED) is 0.814. The lowest BCUT2D eigenvalue weighted by Crippen LogP contribution is -2.46. The van der Waals surface area contributed by atoms with Crippen molar-refractivity contribution in [3.8, 4) is 0 Å². The zero-order chi connectivity index (χ0) is 16.5. The van der Waals surface area contributed by atoms with Gasteiger partial charge in [-0.05, 0) is 46.0 Å². The van der Waals surface area contributed by atoms with Gasteiger partial charge in [0.1, 0.15) is 0 Å². The summed E-state index contributed by atoms with van der Waals surface area (Å²) < 4.78 is 5.38. The number of carboxylic acid groups (broad SMARTS) is 1. The molecule has 2 fully saturated rings. The van der Waals surface area contributed by atoms with Crippen LogP contribution in [0.15, 0.2) is 0 Å². The van der Waals surface area contributed by atoms with Crippen molar-refractivity contribution in [3.05, 3.63) is 0 Å². The molecule has 22 heavy (non-hydrogen) atoms. The highest BCUT2D eigenvalue weighted by Gasteiger charge is 2.55. The van der Waals surface area contributed by atoms with E-state index in [1.54, 1.807) is 12.0 Å². The van der Waals surface area contributed by atoms with Gasteiger partial charge < -0.3 is 20.1 Å². The van der Waals surface area contributed by atoms with Crippen LogP contribution in [0.25, 0.3) is 0 Å². The summed E-state index contributed by atoms with van der Waals surface area (Å²) in [5.74, 6) is -0.652. The minimum absolute atomic E-state index is 0.0244. The van der Waals surface area contributed by atoms with Crippen LogP contribution >= 0.6 is 0 Å². The molecule has 0 aromatic carbocycles. The highest BCUT2D eigenvalue weighted by Crippen LogP contribution is 2.48. The Morgan fingerprint density at radius 3 is 2.73 bits per heavy atom. The van der Waals surface area contributed by atoms with Crippen molar-refractivity contribution in [1.82, 2.24) is 10.2 Å². The molecule has 1 aliphatic heterocycles. The van der Waals surface area contributed by atoms with Crippen molar-refractivity contribution in [2.45, 2.75) is 58.1 Å². The Hall–Kier alpha value is -1.30. The minimum atomic E-state index is -0.751. The molecule has 126 valence electrons. The number of aliphatic carboxylic acids is 1. The molecule has 1 saturated carbocycles. The molecule has 2 aliphatic rings. The molecule has 0 radical (unpaired) electrons. The van der Waals surface area contributed by atoms with E-state index >= 15 is 0 Å². The largest absolute Gasteiger partial charge is 0.481 e. The molecule has 0 aromatic rings. The fraction of sp³-hybridized carbons (Fsp3) is 0.875. The van der Waals surface area contributed by atoms with Crippen molar-refractivity contribution < 1.29 is 19.4 Å². The third-order valence-corrected chi connectivity index (χ3v) is 5.30. The lowest BCUT2D eigenvalue weighted by molar-refractivity contribution is -0.149. The zero-order valence-corrected chi connectivity index (χ0v) is 14.0. The Balaban J connectivity index is 1.94. The van der Waals surface area contributed by atoms with E-state index in [1.807, 2.05) is 20.8 Å². The summed E-state index contributed by atoms with van der Waals surface area (Å²) in [6.07, 6.45) is 3.24. The number of methoxy groups -OCH3 is 1. The molecular formula is C16H28N2O4. The topological polar surface area (TPSA) is 78.9 Å². The Kier molecular flexibility index (Phi) is 4.70. The maximum absolute atomic E-state index is 12.4. The molecule has 2 amide bonds. The van der Waals surface area contributed by atoms with Crippen molar-refractivity contribution in [2.75, 3.05) is 20.2 Å². The van der Waals surface area contributed by atoms with Gasteiger partial charge in [-0.15, -0.1) is 0 Å². The van der Waals surface area contributed by atoms with Crippen LogP contribution in [-0.4, -0.2) is 53.8 Å². The van der Waals surface area contributed by atoms with E-state index in [9.17, 15) is 14.7 Å². The monoisotopic (exact) mass is 312 g/mol. The second-order valence-corrected chi connectivity index (χ2v) is 7.45. The van der Waals surface area contributed by atoms with Crippen LogP contribution in [0.1, 0.15) is 46.5 Å². The first-order chi connectivity index (χ1) is 10.2. The number of carbonyl (C=O) groups is 2. The average Bonchev–Trinajstić information content (AvgIpc) is 2.95. The molecule has 2 N–H and O–H groups in total. The molecule has 1 heterocycles. The molecule has 2 rings (SSSR count). The second kappa shape index (κ2) is 6.07. The van der Waals surface area contributed by atoms with Gasteiger partial charge in [0.25, 0.3) is 0 Å². The van der Waals surface area contributed by atoms with E-state index < -0.39 is 11.4 Å². The van der Waals surface area contributed by atoms with Crippen LogP contribution in [0.5, 0.6) is 0 Å². The molecule has 1 unspecified atom stereocenters. The molecular weight excluding hydrogens is 284 g/mol. The number of carbonyl (C=O) groups excluding carboxylic acids is 1. The number of hydrogen-bond acceptors (Lipinski definition) is 3. The summed E-state index contributed by atoms with van der Waals surface area (Å²) in [5.41, 5.74) is -1.01. The molecule has 3 atom stereocenters. The highest BCUT2D eigenvalue weighted by atomic mass is 16.5. The summed E-state index contributed by atoms with van der Waals surface area (Å²) in [7, 11) is 1.66. The van der Waals surface area contributed by atoms with Gasteiger partial charge in [0.2, 0.25) is 0 Å². The number of hydrogen-bond donors (Lipinski definition) is 2. The fourth-order valence-corrected chi connectivity index (χ4v) is 3.97. The van der Waals surface area contributed by atoms with Crippen molar-refractivity contribution in [3.63, 3.8) is 0 Å². The normalized spacial score (nSPS) is 29.3. The van der Waals surface area contributed by atoms with Crippen molar-refractivity contribution in [1.29, 1.82) is 0 Å². The molecule has 0 aromatic heterocycles. The summed E-state index contributed by atoms with van der Waals surface area (Å²) in [6.45, 7) is 6.80. The van der Waals surface area contributed by atoms with E-state index in [-0.39, 0.29) is 23.6 Å². The first-order valence-corrected chi connectivity index (χ1v) is 8.04. The Bertz CT molecular complexity index is 451. The number of likely N-dealkylation sites (tertiary alicyclic amines) is 1. The summed E-state index contributed by atoms with van der Waals surface area (Å²) in [4.78, 5) is 25.7. The van der Waals surface area contributed by atoms with Crippen LogP contribution in [0.2, 0.25) is 0 Å². The van der Waals surface area contributed by atoms with Gasteiger partial charge in [0.15, 0.2) is 0 Å². The Morgan fingerprint density at radius 2 is 2.18 bits per heavy atom. The number of carboxylic acids is 1. The summed E-state index contributed by atoms with van der Waals surface area (Å²) >= 11 is 0.